The highest BCUT2D eigenvalue weighted by Gasteiger charge is 2.10. The molecule has 0 saturated heterocycles. The van der Waals surface area contributed by atoms with Crippen LogP contribution in [0, 0.1) is 5.92 Å². The summed E-state index contributed by atoms with van der Waals surface area (Å²) in [6.07, 6.45) is 2.88. The Balaban J connectivity index is 3.05. The average molecular weight is 285 g/mol. The first-order valence-corrected chi connectivity index (χ1v) is 5.94. The van der Waals surface area contributed by atoms with Gasteiger partial charge in [-0.25, -0.2) is 0 Å². The summed E-state index contributed by atoms with van der Waals surface area (Å²) in [4.78, 5) is 0. The van der Waals surface area contributed by atoms with Gasteiger partial charge in [-0.05, 0) is 30.0 Å². The van der Waals surface area contributed by atoms with Crippen molar-refractivity contribution < 1.29 is 9.47 Å². The molecular weight excluding hydrogens is 268 g/mol. The highest BCUT2D eigenvalue weighted by atomic mass is 79.9. The van der Waals surface area contributed by atoms with Crippen molar-refractivity contribution in [2.24, 2.45) is 5.92 Å². The summed E-state index contributed by atoms with van der Waals surface area (Å²) < 4.78 is 11.5. The average Bonchev–Trinajstić information content (AvgIpc) is 2.30. The van der Waals surface area contributed by atoms with E-state index in [1.165, 1.54) is 5.56 Å². The first kappa shape index (κ1) is 13.1. The van der Waals surface area contributed by atoms with Crippen molar-refractivity contribution >= 4 is 15.9 Å². The van der Waals surface area contributed by atoms with E-state index in [4.69, 9.17) is 9.47 Å². The molecule has 0 bridgehead atoms. The van der Waals surface area contributed by atoms with Crippen molar-refractivity contribution in [2.75, 3.05) is 14.2 Å². The third kappa shape index (κ3) is 3.01. The zero-order valence-electron chi connectivity index (χ0n) is 9.92. The van der Waals surface area contributed by atoms with Crippen LogP contribution in [0.2, 0.25) is 0 Å². The number of methoxy groups -OCH3 is 2. The van der Waals surface area contributed by atoms with E-state index in [1.807, 2.05) is 18.2 Å². The predicted molar refractivity (Wildman–Crippen MR) is 70.3 cm³/mol. The predicted octanol–water partition coefficient (Wildman–Crippen LogP) is 3.83. The van der Waals surface area contributed by atoms with Gasteiger partial charge in [-0.1, -0.05) is 28.9 Å². The molecule has 2 nitrogen and oxygen atoms in total. The molecule has 0 radical (unpaired) electrons. The minimum absolute atomic E-state index is 0.439. The van der Waals surface area contributed by atoms with Gasteiger partial charge in [-0.2, -0.15) is 0 Å². The molecule has 0 N–H and O–H groups in total. The number of ether oxygens (including phenoxy) is 2. The molecule has 0 fully saturated rings. The molecule has 1 atom stereocenters. The Hall–Kier alpha value is -0.960. The van der Waals surface area contributed by atoms with Crippen LogP contribution in [0.25, 0.3) is 0 Å². The van der Waals surface area contributed by atoms with Crippen molar-refractivity contribution in [3.63, 3.8) is 0 Å². The molecule has 0 aliphatic heterocycles. The number of allylic oxidation sites excluding steroid dienone is 1. The van der Waals surface area contributed by atoms with Crippen LogP contribution in [0.4, 0.5) is 0 Å². The van der Waals surface area contributed by atoms with Crippen LogP contribution >= 0.6 is 15.9 Å². The minimum atomic E-state index is 0.439. The molecular formula is C13H17BrO2. The van der Waals surface area contributed by atoms with Crippen molar-refractivity contribution in [1.82, 2.24) is 0 Å². The van der Waals surface area contributed by atoms with Gasteiger partial charge in [0.05, 0.1) is 14.2 Å². The van der Waals surface area contributed by atoms with Crippen LogP contribution in [0.15, 0.2) is 29.3 Å². The maximum Gasteiger partial charge on any atom is 0.161 e. The summed E-state index contributed by atoms with van der Waals surface area (Å²) in [6.45, 7) is 5.93. The Labute approximate surface area is 105 Å². The second kappa shape index (κ2) is 5.94. The third-order valence-corrected chi connectivity index (χ3v) is 3.24. The molecule has 1 unspecified atom stereocenters. The lowest BCUT2D eigenvalue weighted by Crippen LogP contribution is -1.99. The van der Waals surface area contributed by atoms with E-state index in [-0.39, 0.29) is 0 Å². The fraction of sp³-hybridized carbons (Fsp3) is 0.385. The van der Waals surface area contributed by atoms with E-state index in [0.717, 1.165) is 22.4 Å². The van der Waals surface area contributed by atoms with Gasteiger partial charge in [-0.3, -0.25) is 0 Å². The van der Waals surface area contributed by atoms with Crippen LogP contribution < -0.4 is 9.47 Å². The Kier molecular flexibility index (Phi) is 4.87. The first-order chi connectivity index (χ1) is 7.62. The molecule has 0 heterocycles. The van der Waals surface area contributed by atoms with Gasteiger partial charge in [0.25, 0.3) is 0 Å². The molecule has 0 aliphatic carbocycles. The summed E-state index contributed by atoms with van der Waals surface area (Å²) in [6, 6.07) is 3.94. The SMILES string of the molecule is C=CC(C)Cc1cc(OC)c(OC)cc1Br. The van der Waals surface area contributed by atoms with E-state index >= 15 is 0 Å². The van der Waals surface area contributed by atoms with Crippen LogP contribution in [-0.4, -0.2) is 14.2 Å². The lowest BCUT2D eigenvalue weighted by atomic mass is 10.0. The van der Waals surface area contributed by atoms with E-state index < -0.39 is 0 Å². The van der Waals surface area contributed by atoms with Gasteiger partial charge in [0.1, 0.15) is 0 Å². The Morgan fingerprint density at radius 2 is 1.88 bits per heavy atom. The zero-order chi connectivity index (χ0) is 12.1. The van der Waals surface area contributed by atoms with Gasteiger partial charge in [0.2, 0.25) is 0 Å². The second-order valence-electron chi connectivity index (χ2n) is 3.72. The molecule has 1 aromatic rings. The Morgan fingerprint density at radius 1 is 1.31 bits per heavy atom. The van der Waals surface area contributed by atoms with Crippen LogP contribution in [0.3, 0.4) is 0 Å². The molecule has 1 rings (SSSR count). The number of hydrogen-bond acceptors (Lipinski definition) is 2. The highest BCUT2D eigenvalue weighted by Crippen LogP contribution is 2.34. The van der Waals surface area contributed by atoms with Crippen molar-refractivity contribution in [1.29, 1.82) is 0 Å². The minimum Gasteiger partial charge on any atom is -0.493 e. The topological polar surface area (TPSA) is 18.5 Å². The summed E-state index contributed by atoms with van der Waals surface area (Å²) >= 11 is 3.54. The molecule has 16 heavy (non-hydrogen) atoms. The van der Waals surface area contributed by atoms with E-state index in [0.29, 0.717) is 5.92 Å². The van der Waals surface area contributed by atoms with Gasteiger partial charge in [0.15, 0.2) is 11.5 Å². The molecule has 0 aromatic heterocycles. The Morgan fingerprint density at radius 3 is 2.38 bits per heavy atom. The fourth-order valence-corrected chi connectivity index (χ4v) is 1.97. The van der Waals surface area contributed by atoms with E-state index in [2.05, 4.69) is 29.4 Å². The first-order valence-electron chi connectivity index (χ1n) is 5.15. The van der Waals surface area contributed by atoms with Gasteiger partial charge in [0, 0.05) is 4.47 Å². The van der Waals surface area contributed by atoms with Gasteiger partial charge in [-0.15, -0.1) is 6.58 Å². The largest absolute Gasteiger partial charge is 0.493 e. The molecule has 1 aromatic carbocycles. The molecule has 0 saturated carbocycles. The Bertz CT molecular complexity index is 374. The lowest BCUT2D eigenvalue weighted by molar-refractivity contribution is 0.354. The van der Waals surface area contributed by atoms with E-state index in [9.17, 15) is 0 Å². The standard InChI is InChI=1S/C13H17BrO2/c1-5-9(2)6-10-7-12(15-3)13(16-4)8-11(10)14/h5,7-9H,1,6H2,2-4H3. The van der Waals surface area contributed by atoms with Crippen LogP contribution in [-0.2, 0) is 6.42 Å². The fourth-order valence-electron chi connectivity index (χ4n) is 1.48. The number of benzene rings is 1. The summed E-state index contributed by atoms with van der Waals surface area (Å²) in [5.41, 5.74) is 1.20. The third-order valence-electron chi connectivity index (χ3n) is 2.50. The normalized spacial score (nSPS) is 12.0. The molecule has 0 spiro atoms. The second-order valence-corrected chi connectivity index (χ2v) is 4.57. The molecule has 0 aliphatic rings. The number of hydrogen-bond donors (Lipinski definition) is 0. The lowest BCUT2D eigenvalue weighted by Gasteiger charge is -2.13. The summed E-state index contributed by atoms with van der Waals surface area (Å²) in [5, 5.41) is 0. The molecule has 0 amide bonds. The highest BCUT2D eigenvalue weighted by molar-refractivity contribution is 9.10. The number of rotatable bonds is 5. The maximum atomic E-state index is 5.28. The van der Waals surface area contributed by atoms with Crippen molar-refractivity contribution in [3.05, 3.63) is 34.8 Å². The van der Waals surface area contributed by atoms with Crippen LogP contribution in [0.1, 0.15) is 12.5 Å². The van der Waals surface area contributed by atoms with Crippen molar-refractivity contribution in [2.45, 2.75) is 13.3 Å². The van der Waals surface area contributed by atoms with Crippen molar-refractivity contribution in [3.8, 4) is 11.5 Å². The molecule has 3 heteroatoms. The van der Waals surface area contributed by atoms with Gasteiger partial charge < -0.3 is 9.47 Å². The smallest absolute Gasteiger partial charge is 0.161 e. The van der Waals surface area contributed by atoms with Gasteiger partial charge >= 0.3 is 0 Å². The van der Waals surface area contributed by atoms with E-state index in [1.54, 1.807) is 14.2 Å². The maximum absolute atomic E-state index is 5.28. The summed E-state index contributed by atoms with van der Waals surface area (Å²) in [7, 11) is 3.28. The molecule has 88 valence electrons. The summed E-state index contributed by atoms with van der Waals surface area (Å²) in [5.74, 6) is 1.94. The quantitative estimate of drug-likeness (QED) is 0.765. The zero-order valence-corrected chi connectivity index (χ0v) is 11.5. The number of halogens is 1. The monoisotopic (exact) mass is 284 g/mol. The van der Waals surface area contributed by atoms with Crippen LogP contribution in [0.5, 0.6) is 11.5 Å².